The lowest BCUT2D eigenvalue weighted by atomic mass is 10.2. The lowest BCUT2D eigenvalue weighted by molar-refractivity contribution is -0.130. The molecule has 1 aliphatic heterocycles. The molecule has 3 rings (SSSR count). The van der Waals surface area contributed by atoms with Crippen molar-refractivity contribution in [2.24, 2.45) is 0 Å². The SMILES string of the molecule is Cc1cccc2nc(CCCl)n(CC(=O)N3CCCC3)c12. The van der Waals surface area contributed by atoms with E-state index in [9.17, 15) is 4.79 Å². The fraction of sp³-hybridized carbons (Fsp3) is 0.500. The number of rotatable bonds is 4. The van der Waals surface area contributed by atoms with Crippen molar-refractivity contribution in [2.75, 3.05) is 19.0 Å². The second-order valence-electron chi connectivity index (χ2n) is 5.58. The highest BCUT2D eigenvalue weighted by Gasteiger charge is 2.21. The summed E-state index contributed by atoms with van der Waals surface area (Å²) in [6.45, 7) is 4.20. The number of hydrogen-bond acceptors (Lipinski definition) is 2. The van der Waals surface area contributed by atoms with Crippen LogP contribution in [-0.4, -0.2) is 39.3 Å². The standard InChI is InChI=1S/C16H20ClN3O/c1-12-5-4-6-13-16(12)20(14(18-13)7-8-17)11-15(21)19-9-2-3-10-19/h4-6H,2-3,7-11H2,1H3. The maximum Gasteiger partial charge on any atom is 0.242 e. The minimum Gasteiger partial charge on any atom is -0.341 e. The van der Waals surface area contributed by atoms with Gasteiger partial charge in [0.2, 0.25) is 5.91 Å². The van der Waals surface area contributed by atoms with E-state index in [2.05, 4.69) is 18.0 Å². The quantitative estimate of drug-likeness (QED) is 0.815. The predicted molar refractivity (Wildman–Crippen MR) is 84.7 cm³/mol. The number of alkyl halides is 1. The van der Waals surface area contributed by atoms with Crippen LogP contribution in [0, 0.1) is 6.92 Å². The van der Waals surface area contributed by atoms with E-state index in [1.807, 2.05) is 21.6 Å². The number of carbonyl (C=O) groups excluding carboxylic acids is 1. The van der Waals surface area contributed by atoms with Gasteiger partial charge in [-0.1, -0.05) is 12.1 Å². The van der Waals surface area contributed by atoms with E-state index in [-0.39, 0.29) is 5.91 Å². The van der Waals surface area contributed by atoms with E-state index in [1.54, 1.807) is 0 Å². The number of amides is 1. The Bertz CT molecular complexity index is 659. The maximum atomic E-state index is 12.5. The number of nitrogens with zero attached hydrogens (tertiary/aromatic N) is 3. The largest absolute Gasteiger partial charge is 0.341 e. The smallest absolute Gasteiger partial charge is 0.242 e. The third-order valence-electron chi connectivity index (χ3n) is 4.12. The number of halogens is 1. The molecule has 0 radical (unpaired) electrons. The molecule has 2 aromatic rings. The van der Waals surface area contributed by atoms with Crippen molar-refractivity contribution < 1.29 is 4.79 Å². The number of aryl methyl sites for hydroxylation is 2. The molecule has 1 aliphatic rings. The van der Waals surface area contributed by atoms with Gasteiger partial charge in [-0.3, -0.25) is 4.79 Å². The van der Waals surface area contributed by atoms with E-state index >= 15 is 0 Å². The van der Waals surface area contributed by atoms with E-state index in [1.165, 1.54) is 0 Å². The Morgan fingerprint density at radius 3 is 2.81 bits per heavy atom. The normalized spacial score (nSPS) is 15.0. The number of likely N-dealkylation sites (tertiary alicyclic amines) is 1. The Morgan fingerprint density at radius 1 is 1.33 bits per heavy atom. The lowest BCUT2D eigenvalue weighted by Crippen LogP contribution is -2.31. The molecule has 1 aromatic carbocycles. The minimum absolute atomic E-state index is 0.186. The van der Waals surface area contributed by atoms with Crippen LogP contribution in [0.2, 0.25) is 0 Å². The Kier molecular flexibility index (Phi) is 4.15. The molecule has 0 spiro atoms. The zero-order chi connectivity index (χ0) is 14.8. The number of benzene rings is 1. The number of imidazole rings is 1. The summed E-state index contributed by atoms with van der Waals surface area (Å²) in [4.78, 5) is 19.1. The zero-order valence-electron chi connectivity index (χ0n) is 12.3. The highest BCUT2D eigenvalue weighted by molar-refractivity contribution is 6.17. The van der Waals surface area contributed by atoms with Crippen molar-refractivity contribution in [3.8, 4) is 0 Å². The molecule has 0 bridgehead atoms. The molecule has 0 aliphatic carbocycles. The summed E-state index contributed by atoms with van der Waals surface area (Å²) in [6.07, 6.45) is 2.91. The average Bonchev–Trinajstić information content (AvgIpc) is 3.09. The van der Waals surface area contributed by atoms with Crippen molar-refractivity contribution >= 4 is 28.5 Å². The van der Waals surface area contributed by atoms with Gasteiger partial charge < -0.3 is 9.47 Å². The summed E-state index contributed by atoms with van der Waals surface area (Å²) < 4.78 is 2.05. The van der Waals surface area contributed by atoms with Crippen LogP contribution in [-0.2, 0) is 17.8 Å². The number of fused-ring (bicyclic) bond motifs is 1. The summed E-state index contributed by atoms with van der Waals surface area (Å²) in [7, 11) is 0. The van der Waals surface area contributed by atoms with Crippen molar-refractivity contribution in [1.29, 1.82) is 0 Å². The monoisotopic (exact) mass is 305 g/mol. The van der Waals surface area contributed by atoms with Gasteiger partial charge in [0.05, 0.1) is 11.0 Å². The average molecular weight is 306 g/mol. The molecular formula is C16H20ClN3O. The first-order valence-corrected chi connectivity index (χ1v) is 8.02. The topological polar surface area (TPSA) is 38.1 Å². The van der Waals surface area contributed by atoms with Crippen LogP contribution < -0.4 is 0 Å². The second-order valence-corrected chi connectivity index (χ2v) is 5.96. The van der Waals surface area contributed by atoms with Crippen LogP contribution in [0.25, 0.3) is 11.0 Å². The number of para-hydroxylation sites is 1. The van der Waals surface area contributed by atoms with Gasteiger partial charge in [-0.05, 0) is 31.4 Å². The summed E-state index contributed by atoms with van der Waals surface area (Å²) in [5.74, 6) is 1.60. The van der Waals surface area contributed by atoms with Crippen LogP contribution in [0.3, 0.4) is 0 Å². The van der Waals surface area contributed by atoms with Crippen molar-refractivity contribution in [3.05, 3.63) is 29.6 Å². The van der Waals surface area contributed by atoms with Crippen molar-refractivity contribution in [1.82, 2.24) is 14.5 Å². The lowest BCUT2D eigenvalue weighted by Gasteiger charge is -2.17. The molecule has 1 aromatic heterocycles. The van der Waals surface area contributed by atoms with Crippen LogP contribution in [0.15, 0.2) is 18.2 Å². The molecule has 1 saturated heterocycles. The zero-order valence-corrected chi connectivity index (χ0v) is 13.1. The van der Waals surface area contributed by atoms with Gasteiger partial charge in [0.15, 0.2) is 0 Å². The molecule has 5 heteroatoms. The van der Waals surface area contributed by atoms with Crippen LogP contribution in [0.1, 0.15) is 24.2 Å². The molecule has 0 N–H and O–H groups in total. The highest BCUT2D eigenvalue weighted by atomic mass is 35.5. The number of hydrogen-bond donors (Lipinski definition) is 0. The van der Waals surface area contributed by atoms with Crippen LogP contribution in [0.5, 0.6) is 0 Å². The summed E-state index contributed by atoms with van der Waals surface area (Å²) in [5, 5.41) is 0. The van der Waals surface area contributed by atoms with E-state index in [0.29, 0.717) is 18.8 Å². The van der Waals surface area contributed by atoms with Gasteiger partial charge in [0.25, 0.3) is 0 Å². The predicted octanol–water partition coefficient (Wildman–Crippen LogP) is 2.75. The molecule has 1 fully saturated rings. The van der Waals surface area contributed by atoms with E-state index < -0.39 is 0 Å². The van der Waals surface area contributed by atoms with E-state index in [0.717, 1.165) is 48.4 Å². The molecule has 0 unspecified atom stereocenters. The Morgan fingerprint density at radius 2 is 2.10 bits per heavy atom. The first-order chi connectivity index (χ1) is 10.2. The number of aromatic nitrogens is 2. The minimum atomic E-state index is 0.186. The first kappa shape index (κ1) is 14.4. The Hall–Kier alpha value is -1.55. The third kappa shape index (κ3) is 2.77. The number of carbonyl (C=O) groups is 1. The van der Waals surface area contributed by atoms with Gasteiger partial charge in [0, 0.05) is 25.4 Å². The van der Waals surface area contributed by atoms with Gasteiger partial charge in [-0.25, -0.2) is 4.98 Å². The fourth-order valence-electron chi connectivity index (χ4n) is 3.06. The van der Waals surface area contributed by atoms with Crippen LogP contribution >= 0.6 is 11.6 Å². The van der Waals surface area contributed by atoms with Crippen LogP contribution in [0.4, 0.5) is 0 Å². The molecule has 21 heavy (non-hydrogen) atoms. The Labute approximate surface area is 129 Å². The maximum absolute atomic E-state index is 12.5. The molecule has 2 heterocycles. The Balaban J connectivity index is 1.98. The van der Waals surface area contributed by atoms with Gasteiger partial charge in [-0.2, -0.15) is 0 Å². The van der Waals surface area contributed by atoms with Gasteiger partial charge in [0.1, 0.15) is 12.4 Å². The molecule has 4 nitrogen and oxygen atoms in total. The fourth-order valence-corrected chi connectivity index (χ4v) is 3.23. The van der Waals surface area contributed by atoms with Crippen molar-refractivity contribution in [2.45, 2.75) is 32.7 Å². The van der Waals surface area contributed by atoms with Gasteiger partial charge in [-0.15, -0.1) is 11.6 Å². The third-order valence-corrected chi connectivity index (χ3v) is 4.31. The first-order valence-electron chi connectivity index (χ1n) is 7.49. The molecule has 1 amide bonds. The van der Waals surface area contributed by atoms with Gasteiger partial charge >= 0.3 is 0 Å². The van der Waals surface area contributed by atoms with E-state index in [4.69, 9.17) is 11.6 Å². The van der Waals surface area contributed by atoms with Crippen molar-refractivity contribution in [3.63, 3.8) is 0 Å². The molecule has 0 saturated carbocycles. The second kappa shape index (κ2) is 6.06. The molecule has 0 atom stereocenters. The summed E-state index contributed by atoms with van der Waals surface area (Å²) in [6, 6.07) is 6.06. The summed E-state index contributed by atoms with van der Waals surface area (Å²) in [5.41, 5.74) is 3.16. The molecule has 112 valence electrons. The highest BCUT2D eigenvalue weighted by Crippen LogP contribution is 2.21. The molecular weight excluding hydrogens is 286 g/mol. The summed E-state index contributed by atoms with van der Waals surface area (Å²) >= 11 is 5.89.